The van der Waals surface area contributed by atoms with Gasteiger partial charge in [0, 0.05) is 32.1 Å². The van der Waals surface area contributed by atoms with Gasteiger partial charge in [0.2, 0.25) is 5.91 Å². The molecule has 0 aromatic carbocycles. The Hall–Kier alpha value is -2.08. The zero-order chi connectivity index (χ0) is 18.4. The number of hydrogen-bond donors (Lipinski definition) is 2. The second-order valence-corrected chi connectivity index (χ2v) is 6.89. The second-order valence-electron chi connectivity index (χ2n) is 6.33. The number of piperidine rings is 1. The number of nitrogens with one attached hydrogen (secondary N) is 1. The number of pyridine rings is 1. The van der Waals surface area contributed by atoms with Gasteiger partial charge in [0.05, 0.1) is 5.38 Å². The zero-order valence-electron chi connectivity index (χ0n) is 14.3. The van der Waals surface area contributed by atoms with Gasteiger partial charge < -0.3 is 15.3 Å². The highest BCUT2D eigenvalue weighted by Gasteiger charge is 2.50. The van der Waals surface area contributed by atoms with Crippen molar-refractivity contribution in [2.24, 2.45) is 5.92 Å². The van der Waals surface area contributed by atoms with Crippen LogP contribution in [0.2, 0.25) is 0 Å². The van der Waals surface area contributed by atoms with Crippen LogP contribution in [0, 0.1) is 5.92 Å². The van der Waals surface area contributed by atoms with Crippen molar-refractivity contribution < 1.29 is 14.7 Å². The highest BCUT2D eigenvalue weighted by atomic mass is 35.5. The normalized spacial score (nSPS) is 22.7. The van der Waals surface area contributed by atoms with Crippen molar-refractivity contribution in [2.45, 2.75) is 37.1 Å². The first kappa shape index (κ1) is 19.2. The van der Waals surface area contributed by atoms with Gasteiger partial charge in [-0.05, 0) is 31.4 Å². The molecule has 25 heavy (non-hydrogen) atoms. The van der Waals surface area contributed by atoms with Crippen LogP contribution in [0.5, 0.6) is 0 Å². The molecular weight excluding hydrogens is 342 g/mol. The molecule has 0 saturated carbocycles. The minimum Gasteiger partial charge on any atom is -0.479 e. The molecule has 0 bridgehead atoms. The van der Waals surface area contributed by atoms with Gasteiger partial charge in [-0.2, -0.15) is 0 Å². The lowest BCUT2D eigenvalue weighted by Crippen LogP contribution is -2.64. The molecule has 1 aliphatic heterocycles. The van der Waals surface area contributed by atoms with Crippen LogP contribution in [0.15, 0.2) is 37.1 Å². The summed E-state index contributed by atoms with van der Waals surface area (Å²) < 4.78 is 0. The minimum absolute atomic E-state index is 0.267. The number of carboxylic acids is 1. The van der Waals surface area contributed by atoms with Crippen LogP contribution in [0.25, 0.3) is 0 Å². The summed E-state index contributed by atoms with van der Waals surface area (Å²) >= 11 is 6.61. The smallest absolute Gasteiger partial charge is 0.329 e. The number of nitrogens with zero attached hydrogens (tertiary/aromatic N) is 2. The van der Waals surface area contributed by atoms with Gasteiger partial charge >= 0.3 is 5.97 Å². The molecule has 2 N–H and O–H groups in total. The van der Waals surface area contributed by atoms with E-state index in [-0.39, 0.29) is 18.2 Å². The number of aromatic nitrogens is 1. The molecule has 3 unspecified atom stereocenters. The third-order valence-corrected chi connectivity index (χ3v) is 5.11. The van der Waals surface area contributed by atoms with Gasteiger partial charge in [-0.15, -0.1) is 18.2 Å². The van der Waals surface area contributed by atoms with Gasteiger partial charge in [-0.1, -0.05) is 12.1 Å². The van der Waals surface area contributed by atoms with E-state index < -0.39 is 16.9 Å². The number of carbonyl (C=O) groups excluding carboxylic acids is 1. The number of hydrogen-bond acceptors (Lipinski definition) is 4. The lowest BCUT2D eigenvalue weighted by Gasteiger charge is -2.45. The van der Waals surface area contributed by atoms with E-state index >= 15 is 0 Å². The van der Waals surface area contributed by atoms with Crippen molar-refractivity contribution in [3.05, 3.63) is 37.1 Å². The predicted molar refractivity (Wildman–Crippen MR) is 97.8 cm³/mol. The van der Waals surface area contributed by atoms with Crippen LogP contribution in [-0.2, 0) is 9.59 Å². The molecule has 7 heteroatoms. The highest BCUT2D eigenvalue weighted by molar-refractivity contribution is 6.21. The molecule has 1 aromatic rings. The topological polar surface area (TPSA) is 82.5 Å². The molecule has 0 radical (unpaired) electrons. The minimum atomic E-state index is -1.39. The number of amides is 1. The average Bonchev–Trinajstić information content (AvgIpc) is 2.59. The van der Waals surface area contributed by atoms with Crippen molar-refractivity contribution in [3.63, 3.8) is 0 Å². The molecule has 2 heterocycles. The summed E-state index contributed by atoms with van der Waals surface area (Å²) in [7, 11) is 0. The lowest BCUT2D eigenvalue weighted by molar-refractivity contribution is -0.151. The van der Waals surface area contributed by atoms with E-state index in [0.717, 1.165) is 5.82 Å². The Labute approximate surface area is 152 Å². The fourth-order valence-electron chi connectivity index (χ4n) is 3.51. The van der Waals surface area contributed by atoms with Gasteiger partial charge in [0.15, 0.2) is 0 Å². The van der Waals surface area contributed by atoms with E-state index in [1.807, 2.05) is 23.1 Å². The standard InChI is InChI=1S/C18H24ClN3O3/c1-3-4-9-18(17(24)25,21-13(2)23)14-8-11-22(12-15(14)19)16-7-5-6-10-20-16/h3,5-7,10,14-15H,1,4,8-9,11-12H2,2H3,(H,21,23)(H,24,25). The number of carbonyl (C=O) groups is 2. The highest BCUT2D eigenvalue weighted by Crippen LogP contribution is 2.36. The Morgan fingerprint density at radius 2 is 2.32 bits per heavy atom. The monoisotopic (exact) mass is 365 g/mol. The summed E-state index contributed by atoms with van der Waals surface area (Å²) in [5.74, 6) is -0.984. The third kappa shape index (κ3) is 4.31. The molecule has 1 aromatic heterocycles. The molecule has 1 amide bonds. The maximum absolute atomic E-state index is 12.1. The fourth-order valence-corrected chi connectivity index (χ4v) is 4.02. The molecule has 1 saturated heterocycles. The van der Waals surface area contributed by atoms with E-state index in [4.69, 9.17) is 11.6 Å². The van der Waals surface area contributed by atoms with Gasteiger partial charge in [0.25, 0.3) is 0 Å². The van der Waals surface area contributed by atoms with Crippen molar-refractivity contribution >= 4 is 29.3 Å². The first-order valence-electron chi connectivity index (χ1n) is 8.34. The van der Waals surface area contributed by atoms with Crippen LogP contribution in [-0.4, -0.2) is 46.0 Å². The van der Waals surface area contributed by atoms with E-state index in [1.165, 1.54) is 6.92 Å². The van der Waals surface area contributed by atoms with Crippen molar-refractivity contribution in [3.8, 4) is 0 Å². The molecular formula is C18H24ClN3O3. The van der Waals surface area contributed by atoms with E-state index in [0.29, 0.717) is 25.9 Å². The van der Waals surface area contributed by atoms with Gasteiger partial charge in [0.1, 0.15) is 11.4 Å². The Balaban J connectivity index is 2.24. The molecule has 2 rings (SSSR count). The van der Waals surface area contributed by atoms with Crippen LogP contribution in [0.3, 0.4) is 0 Å². The average molecular weight is 366 g/mol. The zero-order valence-corrected chi connectivity index (χ0v) is 15.1. The number of aliphatic carboxylic acids is 1. The summed E-state index contributed by atoms with van der Waals surface area (Å²) in [4.78, 5) is 30.2. The van der Waals surface area contributed by atoms with Crippen LogP contribution < -0.4 is 10.2 Å². The number of carboxylic acid groups (broad SMARTS) is 1. The largest absolute Gasteiger partial charge is 0.479 e. The Bertz CT molecular complexity index is 625. The van der Waals surface area contributed by atoms with Crippen molar-refractivity contribution in [1.29, 1.82) is 0 Å². The SMILES string of the molecule is C=CCCC(NC(C)=O)(C(=O)O)C1CCN(c2ccccn2)CC1Cl. The van der Waals surface area contributed by atoms with Crippen molar-refractivity contribution in [2.75, 3.05) is 18.0 Å². The quantitative estimate of drug-likeness (QED) is 0.573. The van der Waals surface area contributed by atoms with Gasteiger partial charge in [-0.3, -0.25) is 4.79 Å². The lowest BCUT2D eigenvalue weighted by atomic mass is 9.74. The van der Waals surface area contributed by atoms with Gasteiger partial charge in [-0.25, -0.2) is 9.78 Å². The molecule has 3 atom stereocenters. The molecule has 136 valence electrons. The fraction of sp³-hybridized carbons (Fsp3) is 0.500. The third-order valence-electron chi connectivity index (χ3n) is 4.67. The maximum atomic E-state index is 12.1. The summed E-state index contributed by atoms with van der Waals surface area (Å²) in [6, 6.07) is 5.65. The molecule has 1 aliphatic rings. The Morgan fingerprint density at radius 1 is 1.56 bits per heavy atom. The Morgan fingerprint density at radius 3 is 2.84 bits per heavy atom. The van der Waals surface area contributed by atoms with Crippen LogP contribution in [0.4, 0.5) is 5.82 Å². The van der Waals surface area contributed by atoms with Crippen LogP contribution in [0.1, 0.15) is 26.2 Å². The summed E-state index contributed by atoms with van der Waals surface area (Å²) in [5, 5.41) is 12.2. The molecule has 1 fully saturated rings. The second kappa shape index (κ2) is 8.34. The number of anilines is 1. The van der Waals surface area contributed by atoms with Crippen molar-refractivity contribution in [1.82, 2.24) is 10.3 Å². The number of halogens is 1. The number of alkyl halides is 1. The summed E-state index contributed by atoms with van der Waals surface area (Å²) in [6.07, 6.45) is 4.67. The summed E-state index contributed by atoms with van der Waals surface area (Å²) in [6.45, 7) is 6.10. The first-order valence-corrected chi connectivity index (χ1v) is 8.77. The summed E-state index contributed by atoms with van der Waals surface area (Å²) in [5.41, 5.74) is -1.39. The Kier molecular flexibility index (Phi) is 6.42. The molecule has 6 nitrogen and oxygen atoms in total. The molecule has 0 aliphatic carbocycles. The predicted octanol–water partition coefficient (Wildman–Crippen LogP) is 2.44. The first-order chi connectivity index (χ1) is 11.9. The molecule has 0 spiro atoms. The van der Waals surface area contributed by atoms with Crippen LogP contribution >= 0.6 is 11.6 Å². The van der Waals surface area contributed by atoms with E-state index in [9.17, 15) is 14.7 Å². The number of rotatable bonds is 7. The van der Waals surface area contributed by atoms with E-state index in [1.54, 1.807) is 12.3 Å². The number of allylic oxidation sites excluding steroid dienone is 1. The van der Waals surface area contributed by atoms with E-state index in [2.05, 4.69) is 16.9 Å². The maximum Gasteiger partial charge on any atom is 0.329 e.